The van der Waals surface area contributed by atoms with Gasteiger partial charge in [0.1, 0.15) is 11.6 Å². The van der Waals surface area contributed by atoms with Gasteiger partial charge in [0.25, 0.3) is 0 Å². The molecule has 2 aromatic carbocycles. The predicted octanol–water partition coefficient (Wildman–Crippen LogP) is 4.58. The minimum Gasteiger partial charge on any atom is -0.369 e. The van der Waals surface area contributed by atoms with E-state index in [2.05, 4.69) is 20.2 Å². The summed E-state index contributed by atoms with van der Waals surface area (Å²) in [6.45, 7) is 1.58. The smallest absolute Gasteiger partial charge is 0.159 e. The van der Waals surface area contributed by atoms with Crippen molar-refractivity contribution in [3.05, 3.63) is 65.2 Å². The topological polar surface area (TPSA) is 41.0 Å². The average Bonchev–Trinajstić information content (AvgIpc) is 2.66. The van der Waals surface area contributed by atoms with Gasteiger partial charge in [0.15, 0.2) is 17.5 Å². The van der Waals surface area contributed by atoms with E-state index in [0.717, 1.165) is 25.1 Å². The van der Waals surface area contributed by atoms with Crippen LogP contribution >= 0.6 is 0 Å². The van der Waals surface area contributed by atoms with E-state index in [9.17, 15) is 13.2 Å². The normalized spacial score (nSPS) is 11.6. The van der Waals surface area contributed by atoms with Crippen molar-refractivity contribution in [2.24, 2.45) is 0 Å². The van der Waals surface area contributed by atoms with Gasteiger partial charge in [-0.05, 0) is 69.0 Å². The fourth-order valence-corrected chi connectivity index (χ4v) is 2.72. The number of hydrogen-bond acceptors (Lipinski definition) is 4. The molecule has 0 radical (unpaired) electrons. The summed E-state index contributed by atoms with van der Waals surface area (Å²) in [5, 5.41) is 3.83. The van der Waals surface area contributed by atoms with Crippen molar-refractivity contribution < 1.29 is 13.2 Å². The molecule has 0 aliphatic heterocycles. The first-order valence-electron chi connectivity index (χ1n) is 8.91. The molecule has 146 valence electrons. The van der Waals surface area contributed by atoms with E-state index in [-0.39, 0.29) is 5.82 Å². The van der Waals surface area contributed by atoms with Crippen LogP contribution in [0, 0.1) is 17.5 Å². The van der Waals surface area contributed by atoms with Gasteiger partial charge < -0.3 is 10.2 Å². The number of benzene rings is 2. The summed E-state index contributed by atoms with van der Waals surface area (Å²) in [4.78, 5) is 10.9. The number of hydrogen-bond donors (Lipinski definition) is 1. The van der Waals surface area contributed by atoms with Crippen molar-refractivity contribution in [2.45, 2.75) is 6.42 Å². The molecule has 0 saturated heterocycles. The zero-order chi connectivity index (χ0) is 20.1. The molecule has 1 heterocycles. The molecule has 28 heavy (non-hydrogen) atoms. The van der Waals surface area contributed by atoms with Crippen LogP contribution in [-0.2, 0) is 0 Å². The van der Waals surface area contributed by atoms with E-state index in [1.165, 1.54) is 18.2 Å². The van der Waals surface area contributed by atoms with Gasteiger partial charge in [0, 0.05) is 11.9 Å². The van der Waals surface area contributed by atoms with Gasteiger partial charge >= 0.3 is 0 Å². The molecule has 4 nitrogen and oxygen atoms in total. The lowest BCUT2D eigenvalue weighted by Gasteiger charge is -2.12. The lowest BCUT2D eigenvalue weighted by molar-refractivity contribution is 0.405. The van der Waals surface area contributed by atoms with Gasteiger partial charge in [0.05, 0.1) is 5.52 Å². The molecule has 0 unspecified atom stereocenters. The van der Waals surface area contributed by atoms with Crippen LogP contribution in [0.3, 0.4) is 0 Å². The largest absolute Gasteiger partial charge is 0.369 e. The Bertz CT molecular complexity index is 1000. The Morgan fingerprint density at radius 3 is 2.54 bits per heavy atom. The average molecular weight is 386 g/mol. The maximum Gasteiger partial charge on any atom is 0.159 e. The van der Waals surface area contributed by atoms with Crippen LogP contribution < -0.4 is 5.32 Å². The van der Waals surface area contributed by atoms with Gasteiger partial charge in [-0.15, -0.1) is 0 Å². The first kappa shape index (κ1) is 19.8. The maximum atomic E-state index is 13.7. The van der Waals surface area contributed by atoms with Crippen molar-refractivity contribution in [3.63, 3.8) is 0 Å². The molecule has 0 fully saturated rings. The first-order valence-corrected chi connectivity index (χ1v) is 8.91. The molecule has 7 heteroatoms. The second-order valence-corrected chi connectivity index (χ2v) is 6.68. The summed E-state index contributed by atoms with van der Waals surface area (Å²) >= 11 is 0. The van der Waals surface area contributed by atoms with Crippen molar-refractivity contribution in [3.8, 4) is 0 Å². The number of halogens is 3. The monoisotopic (exact) mass is 386 g/mol. The Morgan fingerprint density at radius 2 is 1.79 bits per heavy atom. The van der Waals surface area contributed by atoms with Gasteiger partial charge in [-0.1, -0.05) is 12.1 Å². The van der Waals surface area contributed by atoms with Crippen LogP contribution in [0.1, 0.15) is 17.8 Å². The number of rotatable bonds is 7. The zero-order valence-corrected chi connectivity index (χ0v) is 15.7. The summed E-state index contributed by atoms with van der Waals surface area (Å²) in [5.41, 5.74) is 1.08. The summed E-state index contributed by atoms with van der Waals surface area (Å²) in [5.74, 6) is -1.25. The molecule has 3 aromatic rings. The van der Waals surface area contributed by atoms with Crippen molar-refractivity contribution in [1.82, 2.24) is 14.9 Å². The molecule has 0 saturated carbocycles. The molecule has 1 aromatic heterocycles. The summed E-state index contributed by atoms with van der Waals surface area (Å²) in [6, 6.07) is 7.96. The minimum atomic E-state index is -0.916. The van der Waals surface area contributed by atoms with Crippen molar-refractivity contribution in [1.29, 1.82) is 0 Å². The second kappa shape index (κ2) is 8.84. The van der Waals surface area contributed by atoms with Crippen LogP contribution in [0.5, 0.6) is 0 Å². The highest BCUT2D eigenvalue weighted by Gasteiger charge is 2.08. The third-order valence-corrected chi connectivity index (χ3v) is 4.12. The van der Waals surface area contributed by atoms with Gasteiger partial charge in [-0.3, -0.25) is 0 Å². The fourth-order valence-electron chi connectivity index (χ4n) is 2.72. The molecule has 0 aliphatic carbocycles. The standard InChI is InChI=1S/C21H21F3N4/c1-28(2)11-3-10-25-21-16-13-15(22)6-8-19(16)26-20(27-21)9-5-14-4-7-17(23)18(24)12-14/h4-9,12-13H,3,10-11H2,1-2H3,(H,25,26,27). The second-order valence-electron chi connectivity index (χ2n) is 6.68. The van der Waals surface area contributed by atoms with Gasteiger partial charge in [-0.2, -0.15) is 0 Å². The number of fused-ring (bicyclic) bond motifs is 1. The summed E-state index contributed by atoms with van der Waals surface area (Å²) in [7, 11) is 3.99. The van der Waals surface area contributed by atoms with E-state index >= 15 is 0 Å². The molecule has 0 amide bonds. The van der Waals surface area contributed by atoms with E-state index in [0.29, 0.717) is 34.7 Å². The van der Waals surface area contributed by atoms with Crippen molar-refractivity contribution >= 4 is 28.9 Å². The Balaban J connectivity index is 1.88. The van der Waals surface area contributed by atoms with E-state index < -0.39 is 11.6 Å². The van der Waals surface area contributed by atoms with E-state index in [1.807, 2.05) is 14.1 Å². The lowest BCUT2D eigenvalue weighted by atomic mass is 10.2. The van der Waals surface area contributed by atoms with Gasteiger partial charge in [0.2, 0.25) is 0 Å². The Morgan fingerprint density at radius 1 is 0.964 bits per heavy atom. The Kier molecular flexibility index (Phi) is 6.26. The van der Waals surface area contributed by atoms with Crippen LogP contribution in [0.2, 0.25) is 0 Å². The number of anilines is 1. The van der Waals surface area contributed by atoms with Crippen LogP contribution in [-0.4, -0.2) is 42.1 Å². The van der Waals surface area contributed by atoms with E-state index in [4.69, 9.17) is 0 Å². The molecular formula is C21H21F3N4. The van der Waals surface area contributed by atoms with Crippen molar-refractivity contribution in [2.75, 3.05) is 32.5 Å². The molecule has 0 atom stereocenters. The Hall–Kier alpha value is -2.93. The molecule has 1 N–H and O–H groups in total. The molecule has 0 spiro atoms. The number of nitrogens with zero attached hydrogens (tertiary/aromatic N) is 3. The highest BCUT2D eigenvalue weighted by molar-refractivity contribution is 5.90. The van der Waals surface area contributed by atoms with Crippen LogP contribution in [0.25, 0.3) is 23.1 Å². The van der Waals surface area contributed by atoms with Crippen LogP contribution in [0.4, 0.5) is 19.0 Å². The first-order chi connectivity index (χ1) is 13.4. The molecule has 0 aliphatic rings. The minimum absolute atomic E-state index is 0.363. The SMILES string of the molecule is CN(C)CCCNc1nc(C=Cc2ccc(F)c(F)c2)nc2ccc(F)cc12. The predicted molar refractivity (Wildman–Crippen MR) is 106 cm³/mol. The highest BCUT2D eigenvalue weighted by Crippen LogP contribution is 2.22. The van der Waals surface area contributed by atoms with Gasteiger partial charge in [-0.25, -0.2) is 23.1 Å². The summed E-state index contributed by atoms with van der Waals surface area (Å²) in [6.07, 6.45) is 4.11. The Labute approximate surface area is 161 Å². The molecule has 3 rings (SSSR count). The fraction of sp³-hybridized carbons (Fsp3) is 0.238. The summed E-state index contributed by atoms with van der Waals surface area (Å²) < 4.78 is 40.1. The molecule has 0 bridgehead atoms. The molecular weight excluding hydrogens is 365 g/mol. The highest BCUT2D eigenvalue weighted by atomic mass is 19.2. The zero-order valence-electron chi connectivity index (χ0n) is 15.7. The lowest BCUT2D eigenvalue weighted by Crippen LogP contribution is -2.17. The third-order valence-electron chi connectivity index (χ3n) is 4.12. The number of aromatic nitrogens is 2. The van der Waals surface area contributed by atoms with Crippen LogP contribution in [0.15, 0.2) is 36.4 Å². The third kappa shape index (κ3) is 5.07. The maximum absolute atomic E-state index is 13.7. The quantitative estimate of drug-likeness (QED) is 0.604. The number of nitrogens with one attached hydrogen (secondary N) is 1. The van der Waals surface area contributed by atoms with E-state index in [1.54, 1.807) is 18.2 Å².